The van der Waals surface area contributed by atoms with Crippen LogP contribution in [0.1, 0.15) is 51.3 Å². The van der Waals surface area contributed by atoms with E-state index in [0.29, 0.717) is 45.4 Å². The number of hydrogen-bond donors (Lipinski definition) is 2. The molecule has 1 aliphatic carbocycles. The quantitative estimate of drug-likeness (QED) is 0.192. The van der Waals surface area contributed by atoms with E-state index in [2.05, 4.69) is 4.98 Å². The second-order valence-electron chi connectivity index (χ2n) is 11.2. The van der Waals surface area contributed by atoms with Crippen molar-refractivity contribution in [1.29, 1.82) is 0 Å². The van der Waals surface area contributed by atoms with Gasteiger partial charge in [-0.25, -0.2) is 36.8 Å². The summed E-state index contributed by atoms with van der Waals surface area (Å²) in [6.07, 6.45) is 2.83. The van der Waals surface area contributed by atoms with Crippen LogP contribution in [-0.2, 0) is 22.9 Å². The van der Waals surface area contributed by atoms with Gasteiger partial charge in [0, 0.05) is 28.5 Å². The van der Waals surface area contributed by atoms with Gasteiger partial charge in [0.1, 0.15) is 16.5 Å². The van der Waals surface area contributed by atoms with Crippen molar-refractivity contribution in [3.63, 3.8) is 0 Å². The van der Waals surface area contributed by atoms with E-state index >= 15 is 4.39 Å². The smallest absolute Gasteiger partial charge is 0.355 e. The summed E-state index contributed by atoms with van der Waals surface area (Å²) in [5.41, 5.74) is 6.09. The number of benzene rings is 3. The number of carboxylic acids is 1. The summed E-state index contributed by atoms with van der Waals surface area (Å²) in [5, 5.41) is 21.4. The molecule has 44 heavy (non-hydrogen) atoms. The van der Waals surface area contributed by atoms with Crippen molar-refractivity contribution in [2.75, 3.05) is 0 Å². The molecular formula is C32H28F2N4O4S2. The molecule has 0 radical (unpaired) electrons. The number of nitrogens with zero attached hydrogens (tertiary/aromatic N) is 3. The maximum Gasteiger partial charge on any atom is 0.355 e. The van der Waals surface area contributed by atoms with Crippen LogP contribution in [0.15, 0.2) is 64.9 Å². The van der Waals surface area contributed by atoms with Crippen LogP contribution in [0.2, 0.25) is 0 Å². The maximum atomic E-state index is 15.3. The van der Waals surface area contributed by atoms with Gasteiger partial charge < -0.3 is 5.11 Å². The molecule has 2 aromatic heterocycles. The Balaban J connectivity index is 1.55. The second-order valence-corrected chi connectivity index (χ2v) is 13.6. The lowest BCUT2D eigenvalue weighted by atomic mass is 9.94. The third kappa shape index (κ3) is 6.05. The number of halogens is 2. The highest BCUT2D eigenvalue weighted by molar-refractivity contribution is 7.89. The topological polar surface area (TPSA) is 128 Å². The molecule has 0 bridgehead atoms. The van der Waals surface area contributed by atoms with Crippen molar-refractivity contribution in [2.24, 2.45) is 11.1 Å². The van der Waals surface area contributed by atoms with Crippen LogP contribution in [0.3, 0.4) is 0 Å². The van der Waals surface area contributed by atoms with Gasteiger partial charge >= 0.3 is 5.97 Å². The van der Waals surface area contributed by atoms with Crippen LogP contribution in [0.4, 0.5) is 8.78 Å². The standard InChI is InChI=1S/C32H28F2N4O4S2/c1-17-9-18(2)11-22(10-17)23-15-21(6-7-25(23)33)30-24(12-20-5-8-29(26(34)13-20)44(35,41)42)28(14-19-3-4-19)38(37-30)32-36-27(16-43-32)31(39)40/h5-11,13,15-16,19H,3-4,12,14H2,1-2H3,(H,39,40)(H2,35,41,42). The van der Waals surface area contributed by atoms with E-state index in [1.165, 1.54) is 17.5 Å². The molecule has 3 N–H and O–H groups in total. The first-order chi connectivity index (χ1) is 20.9. The van der Waals surface area contributed by atoms with Gasteiger partial charge in [0.05, 0.1) is 11.4 Å². The lowest BCUT2D eigenvalue weighted by Crippen LogP contribution is -2.14. The number of aromatic carboxylic acids is 1. The lowest BCUT2D eigenvalue weighted by molar-refractivity contribution is 0.0691. The number of hydrogen-bond acceptors (Lipinski definition) is 6. The van der Waals surface area contributed by atoms with Gasteiger partial charge in [0.25, 0.3) is 0 Å². The number of sulfonamides is 1. The van der Waals surface area contributed by atoms with Gasteiger partial charge in [-0.3, -0.25) is 0 Å². The third-order valence-corrected chi connectivity index (χ3v) is 9.38. The molecule has 1 aliphatic rings. The van der Waals surface area contributed by atoms with Crippen molar-refractivity contribution in [3.8, 4) is 27.5 Å². The highest BCUT2D eigenvalue weighted by atomic mass is 32.2. The number of thiazole rings is 1. The van der Waals surface area contributed by atoms with E-state index in [9.17, 15) is 22.7 Å². The molecule has 2 heterocycles. The number of carbonyl (C=O) groups is 1. The zero-order chi connectivity index (χ0) is 31.3. The lowest BCUT2D eigenvalue weighted by Gasteiger charge is -2.11. The summed E-state index contributed by atoms with van der Waals surface area (Å²) < 4.78 is 55.5. The molecule has 5 aromatic rings. The fraction of sp³-hybridized carbons (Fsp3) is 0.219. The SMILES string of the molecule is Cc1cc(C)cc(-c2cc(-c3nn(-c4nc(C(=O)O)cs4)c(CC4CC4)c3Cc3ccc(S(N)(=O)=O)c(F)c3)ccc2F)c1. The summed E-state index contributed by atoms with van der Waals surface area (Å²) >= 11 is 1.14. The second kappa shape index (κ2) is 11.3. The minimum atomic E-state index is -4.25. The molecule has 0 spiro atoms. The van der Waals surface area contributed by atoms with Crippen LogP contribution in [0.25, 0.3) is 27.5 Å². The molecule has 0 amide bonds. The highest BCUT2D eigenvalue weighted by Crippen LogP contribution is 2.39. The van der Waals surface area contributed by atoms with Crippen LogP contribution in [0.5, 0.6) is 0 Å². The fourth-order valence-corrected chi connectivity index (χ4v) is 6.80. The molecule has 3 aromatic carbocycles. The molecular weight excluding hydrogens is 607 g/mol. The van der Waals surface area contributed by atoms with Gasteiger partial charge in [0.2, 0.25) is 15.2 Å². The first-order valence-corrected chi connectivity index (χ1v) is 16.3. The Hall–Kier alpha value is -4.26. The molecule has 8 nitrogen and oxygen atoms in total. The van der Waals surface area contributed by atoms with Crippen molar-refractivity contribution < 1.29 is 27.1 Å². The van der Waals surface area contributed by atoms with E-state index < -0.39 is 32.5 Å². The van der Waals surface area contributed by atoms with Crippen molar-refractivity contribution in [1.82, 2.24) is 14.8 Å². The van der Waals surface area contributed by atoms with E-state index in [0.717, 1.165) is 58.7 Å². The molecule has 0 aliphatic heterocycles. The van der Waals surface area contributed by atoms with Crippen LogP contribution < -0.4 is 5.14 Å². The number of carboxylic acid groups (broad SMARTS) is 1. The van der Waals surface area contributed by atoms with Crippen LogP contribution in [-0.4, -0.2) is 34.3 Å². The van der Waals surface area contributed by atoms with E-state index in [1.54, 1.807) is 16.8 Å². The Kier molecular flexibility index (Phi) is 7.68. The predicted octanol–water partition coefficient (Wildman–Crippen LogP) is 6.45. The number of nitrogens with two attached hydrogens (primary N) is 1. The van der Waals surface area contributed by atoms with Crippen LogP contribution >= 0.6 is 11.3 Å². The summed E-state index contributed by atoms with van der Waals surface area (Å²) in [6.45, 7) is 3.89. The molecule has 1 saturated carbocycles. The van der Waals surface area contributed by atoms with Crippen molar-refractivity contribution >= 4 is 27.3 Å². The minimum absolute atomic E-state index is 0.111. The van der Waals surface area contributed by atoms with Gasteiger partial charge in [-0.15, -0.1) is 11.3 Å². The molecule has 0 saturated heterocycles. The predicted molar refractivity (Wildman–Crippen MR) is 164 cm³/mol. The normalized spacial score (nSPS) is 13.4. The van der Waals surface area contributed by atoms with Gasteiger partial charge in [-0.1, -0.05) is 35.4 Å². The Morgan fingerprint density at radius 2 is 1.75 bits per heavy atom. The third-order valence-electron chi connectivity index (χ3n) is 7.62. The monoisotopic (exact) mass is 634 g/mol. The average Bonchev–Trinajstić information content (AvgIpc) is 3.50. The van der Waals surface area contributed by atoms with Crippen molar-refractivity contribution in [2.45, 2.75) is 44.4 Å². The number of primary sulfonamides is 1. The number of aryl methyl sites for hydroxylation is 2. The summed E-state index contributed by atoms with van der Waals surface area (Å²) in [7, 11) is -4.25. The Morgan fingerprint density at radius 3 is 2.36 bits per heavy atom. The molecule has 6 rings (SSSR count). The Labute approximate surface area is 256 Å². The minimum Gasteiger partial charge on any atom is -0.476 e. The van der Waals surface area contributed by atoms with Gasteiger partial charge in [0.15, 0.2) is 5.69 Å². The largest absolute Gasteiger partial charge is 0.476 e. The van der Waals surface area contributed by atoms with Gasteiger partial charge in [-0.05, 0) is 80.5 Å². The van der Waals surface area contributed by atoms with Gasteiger partial charge in [-0.2, -0.15) is 5.10 Å². The highest BCUT2D eigenvalue weighted by Gasteiger charge is 2.30. The van der Waals surface area contributed by atoms with E-state index in [4.69, 9.17) is 10.2 Å². The van der Waals surface area contributed by atoms with Crippen molar-refractivity contribution in [3.05, 3.63) is 105 Å². The zero-order valence-electron chi connectivity index (χ0n) is 23.8. The maximum absolute atomic E-state index is 15.3. The van der Waals surface area contributed by atoms with E-state index in [-0.39, 0.29) is 12.1 Å². The molecule has 12 heteroatoms. The number of rotatable bonds is 9. The average molecular weight is 635 g/mol. The number of aromatic nitrogens is 3. The molecule has 0 atom stereocenters. The summed E-state index contributed by atoms with van der Waals surface area (Å²) in [6, 6.07) is 14.4. The Morgan fingerprint density at radius 1 is 1.02 bits per heavy atom. The van der Waals surface area contributed by atoms with E-state index in [1.807, 2.05) is 32.0 Å². The molecule has 1 fully saturated rings. The Bertz CT molecular complexity index is 2030. The summed E-state index contributed by atoms with van der Waals surface area (Å²) in [4.78, 5) is 15.3. The zero-order valence-corrected chi connectivity index (χ0v) is 25.5. The van der Waals surface area contributed by atoms with Crippen LogP contribution in [0, 0.1) is 31.4 Å². The first kappa shape index (κ1) is 29.8. The molecule has 0 unspecified atom stereocenters. The summed E-state index contributed by atoms with van der Waals surface area (Å²) in [5.74, 6) is -2.14. The molecule has 226 valence electrons. The fourth-order valence-electron chi connectivity index (χ4n) is 5.44. The first-order valence-electron chi connectivity index (χ1n) is 13.9.